The van der Waals surface area contributed by atoms with Crippen LogP contribution >= 0.6 is 0 Å². The number of carbonyl (C=O) groups is 1. The normalized spacial score (nSPS) is 11.2. The highest BCUT2D eigenvalue weighted by atomic mass is 16.5. The third-order valence-corrected chi connectivity index (χ3v) is 5.96. The van der Waals surface area contributed by atoms with Crippen LogP contribution in [0.2, 0.25) is 0 Å². The second-order valence-electron chi connectivity index (χ2n) is 8.05. The zero-order valence-electron chi connectivity index (χ0n) is 19.2. The third-order valence-electron chi connectivity index (χ3n) is 5.96. The molecule has 2 heterocycles. The van der Waals surface area contributed by atoms with E-state index in [4.69, 9.17) is 18.3 Å². The molecule has 0 spiro atoms. The van der Waals surface area contributed by atoms with Crippen LogP contribution in [0.15, 0.2) is 50.2 Å². The third kappa shape index (κ3) is 4.58. The van der Waals surface area contributed by atoms with Gasteiger partial charge in [0.1, 0.15) is 11.2 Å². The minimum Gasteiger partial charge on any atom is -0.493 e. The summed E-state index contributed by atoms with van der Waals surface area (Å²) in [6.45, 7) is 4.35. The Morgan fingerprint density at radius 2 is 1.76 bits per heavy atom. The zero-order valence-corrected chi connectivity index (χ0v) is 19.2. The maximum Gasteiger partial charge on any atom is 0.339 e. The highest BCUT2D eigenvalue weighted by molar-refractivity contribution is 5.96. The Kier molecular flexibility index (Phi) is 6.40. The van der Waals surface area contributed by atoms with Gasteiger partial charge in [0, 0.05) is 35.4 Å². The first-order chi connectivity index (χ1) is 15.9. The molecule has 33 heavy (non-hydrogen) atoms. The molecule has 0 aliphatic rings. The van der Waals surface area contributed by atoms with Crippen LogP contribution in [-0.4, -0.2) is 26.7 Å². The minimum absolute atomic E-state index is 0.115. The number of methoxy groups -OCH3 is 2. The van der Waals surface area contributed by atoms with Gasteiger partial charge in [0.05, 0.1) is 20.5 Å². The number of hydrogen-bond acceptors (Lipinski definition) is 6. The first kappa shape index (κ1) is 22.5. The lowest BCUT2D eigenvalue weighted by molar-refractivity contribution is -0.121. The Bertz CT molecular complexity index is 1380. The largest absolute Gasteiger partial charge is 0.493 e. The van der Waals surface area contributed by atoms with E-state index in [0.29, 0.717) is 47.6 Å². The molecule has 7 heteroatoms. The van der Waals surface area contributed by atoms with Gasteiger partial charge in [-0.2, -0.15) is 0 Å². The van der Waals surface area contributed by atoms with Crippen molar-refractivity contribution in [3.63, 3.8) is 0 Å². The lowest BCUT2D eigenvalue weighted by Crippen LogP contribution is -2.26. The van der Waals surface area contributed by atoms with E-state index >= 15 is 0 Å². The molecule has 0 unspecified atom stereocenters. The highest BCUT2D eigenvalue weighted by Crippen LogP contribution is 2.29. The summed E-state index contributed by atoms with van der Waals surface area (Å²) in [6, 6.07) is 9.41. The van der Waals surface area contributed by atoms with E-state index in [0.717, 1.165) is 27.5 Å². The van der Waals surface area contributed by atoms with Crippen molar-refractivity contribution in [2.24, 2.45) is 0 Å². The zero-order chi connectivity index (χ0) is 23.5. The Morgan fingerprint density at radius 1 is 0.970 bits per heavy atom. The molecule has 7 nitrogen and oxygen atoms in total. The van der Waals surface area contributed by atoms with Gasteiger partial charge in [-0.05, 0) is 61.6 Å². The summed E-state index contributed by atoms with van der Waals surface area (Å²) >= 11 is 0. The van der Waals surface area contributed by atoms with Crippen molar-refractivity contribution in [2.45, 2.75) is 33.1 Å². The van der Waals surface area contributed by atoms with E-state index < -0.39 is 5.63 Å². The average Bonchev–Trinajstić information content (AvgIpc) is 3.17. The molecular weight excluding hydrogens is 422 g/mol. The maximum atomic E-state index is 12.6. The van der Waals surface area contributed by atoms with Crippen LogP contribution < -0.4 is 20.4 Å². The first-order valence-corrected chi connectivity index (χ1v) is 10.8. The van der Waals surface area contributed by atoms with Crippen LogP contribution in [0.4, 0.5) is 0 Å². The molecule has 0 saturated heterocycles. The molecule has 4 aromatic rings. The number of ether oxygens (including phenoxy) is 2. The van der Waals surface area contributed by atoms with Gasteiger partial charge in [-0.1, -0.05) is 6.07 Å². The Hall–Kier alpha value is -3.74. The quantitative estimate of drug-likeness (QED) is 0.399. The van der Waals surface area contributed by atoms with E-state index in [9.17, 15) is 9.59 Å². The number of amides is 1. The average molecular weight is 450 g/mol. The molecule has 1 N–H and O–H groups in total. The van der Waals surface area contributed by atoms with Crippen molar-refractivity contribution in [1.29, 1.82) is 0 Å². The van der Waals surface area contributed by atoms with Crippen molar-refractivity contribution in [3.8, 4) is 11.5 Å². The fraction of sp³-hybridized carbons (Fsp3) is 0.308. The van der Waals surface area contributed by atoms with Gasteiger partial charge in [0.25, 0.3) is 0 Å². The highest BCUT2D eigenvalue weighted by Gasteiger charge is 2.15. The molecule has 0 atom stereocenters. The SMILES string of the molecule is COc1ccc(CCNC(=O)CCc2c(C)c3cc4c(C)coc4cc3oc2=O)cc1OC. The van der Waals surface area contributed by atoms with Crippen molar-refractivity contribution in [1.82, 2.24) is 5.32 Å². The maximum absolute atomic E-state index is 12.6. The van der Waals surface area contributed by atoms with Gasteiger partial charge in [0.15, 0.2) is 11.5 Å². The molecule has 0 fully saturated rings. The summed E-state index contributed by atoms with van der Waals surface area (Å²) in [5.41, 5.74) is 4.17. The van der Waals surface area contributed by atoms with Crippen LogP contribution in [0.3, 0.4) is 0 Å². The lowest BCUT2D eigenvalue weighted by Gasteiger charge is -2.10. The summed E-state index contributed by atoms with van der Waals surface area (Å²) in [7, 11) is 3.18. The number of hydrogen-bond donors (Lipinski definition) is 1. The van der Waals surface area contributed by atoms with E-state index in [1.807, 2.05) is 38.1 Å². The summed E-state index contributed by atoms with van der Waals surface area (Å²) in [4.78, 5) is 25.0. The number of aryl methyl sites for hydroxylation is 2. The monoisotopic (exact) mass is 449 g/mol. The molecule has 4 rings (SSSR count). The Balaban J connectivity index is 1.40. The van der Waals surface area contributed by atoms with Crippen molar-refractivity contribution >= 4 is 27.8 Å². The van der Waals surface area contributed by atoms with Crippen LogP contribution in [0, 0.1) is 13.8 Å². The molecule has 0 aliphatic carbocycles. The van der Waals surface area contributed by atoms with Crippen molar-refractivity contribution in [2.75, 3.05) is 20.8 Å². The van der Waals surface area contributed by atoms with Crippen LogP contribution in [0.1, 0.15) is 28.7 Å². The van der Waals surface area contributed by atoms with Crippen molar-refractivity contribution in [3.05, 3.63) is 69.3 Å². The fourth-order valence-electron chi connectivity index (χ4n) is 4.04. The van der Waals surface area contributed by atoms with E-state index in [1.54, 1.807) is 26.5 Å². The molecule has 0 saturated carbocycles. The van der Waals surface area contributed by atoms with Gasteiger partial charge >= 0.3 is 5.63 Å². The number of furan rings is 1. The number of fused-ring (bicyclic) bond motifs is 2. The van der Waals surface area contributed by atoms with Crippen LogP contribution in [0.25, 0.3) is 21.9 Å². The second-order valence-corrected chi connectivity index (χ2v) is 8.05. The lowest BCUT2D eigenvalue weighted by atomic mass is 10.0. The second kappa shape index (κ2) is 9.40. The van der Waals surface area contributed by atoms with Gasteiger partial charge in [-0.3, -0.25) is 4.79 Å². The number of benzene rings is 2. The molecule has 2 aromatic heterocycles. The van der Waals surface area contributed by atoms with Gasteiger partial charge in [-0.25, -0.2) is 4.79 Å². The molecular formula is C26H27NO6. The molecule has 0 radical (unpaired) electrons. The summed E-state index contributed by atoms with van der Waals surface area (Å²) in [6.07, 6.45) is 2.86. The molecule has 1 amide bonds. The topological polar surface area (TPSA) is 90.9 Å². The molecule has 0 bridgehead atoms. The van der Waals surface area contributed by atoms with Crippen molar-refractivity contribution < 1.29 is 23.1 Å². The van der Waals surface area contributed by atoms with E-state index in [-0.39, 0.29) is 12.3 Å². The number of rotatable bonds is 8. The van der Waals surface area contributed by atoms with E-state index in [1.165, 1.54) is 0 Å². The van der Waals surface area contributed by atoms with Gasteiger partial charge in [0.2, 0.25) is 5.91 Å². The first-order valence-electron chi connectivity index (χ1n) is 10.8. The Morgan fingerprint density at radius 3 is 2.52 bits per heavy atom. The summed E-state index contributed by atoms with van der Waals surface area (Å²) < 4.78 is 21.6. The van der Waals surface area contributed by atoms with Gasteiger partial charge in [-0.15, -0.1) is 0 Å². The smallest absolute Gasteiger partial charge is 0.339 e. The molecule has 0 aliphatic heterocycles. The Labute approximate surface area is 191 Å². The fourth-order valence-corrected chi connectivity index (χ4v) is 4.04. The molecule has 172 valence electrons. The van der Waals surface area contributed by atoms with Crippen LogP contribution in [0.5, 0.6) is 11.5 Å². The van der Waals surface area contributed by atoms with Crippen LogP contribution in [-0.2, 0) is 17.6 Å². The molecule has 2 aromatic carbocycles. The predicted octanol–water partition coefficient (Wildman–Crippen LogP) is 4.46. The number of carbonyl (C=O) groups excluding carboxylic acids is 1. The van der Waals surface area contributed by atoms with Gasteiger partial charge < -0.3 is 23.6 Å². The standard InChI is InChI=1S/C26H27NO6/c1-15-14-32-22-13-23-20(12-19(15)22)16(2)18(26(29)33-23)6-8-25(28)27-10-9-17-5-7-21(30-3)24(11-17)31-4/h5,7,11-14H,6,8-10H2,1-4H3,(H,27,28). The number of nitrogens with one attached hydrogen (secondary N) is 1. The summed E-state index contributed by atoms with van der Waals surface area (Å²) in [5.74, 6) is 1.21. The van der Waals surface area contributed by atoms with E-state index in [2.05, 4.69) is 5.32 Å². The summed E-state index contributed by atoms with van der Waals surface area (Å²) in [5, 5.41) is 4.76. The predicted molar refractivity (Wildman–Crippen MR) is 126 cm³/mol. The minimum atomic E-state index is -0.416.